The van der Waals surface area contributed by atoms with E-state index in [0.29, 0.717) is 17.8 Å². The zero-order valence-corrected chi connectivity index (χ0v) is 19.5. The van der Waals surface area contributed by atoms with Crippen LogP contribution in [0, 0.1) is 5.92 Å². The number of thiophene rings is 1. The lowest BCUT2D eigenvalue weighted by Crippen LogP contribution is -2.33. The number of carboxylic acid groups (broad SMARTS) is 1. The maximum absolute atomic E-state index is 12.3. The van der Waals surface area contributed by atoms with Crippen LogP contribution in [0.2, 0.25) is 0 Å². The summed E-state index contributed by atoms with van der Waals surface area (Å²) in [6.07, 6.45) is 9.25. The third-order valence-electron chi connectivity index (χ3n) is 6.15. The molecule has 0 saturated carbocycles. The number of nitrogens with zero attached hydrogens (tertiary/aromatic N) is 1. The fourth-order valence-corrected chi connectivity index (χ4v) is 5.06. The second-order valence-electron chi connectivity index (χ2n) is 8.60. The molecule has 1 fully saturated rings. The number of carbonyl (C=O) groups is 2. The topological polar surface area (TPSA) is 77.8 Å². The molecular formula is C26H33NO4S. The second kappa shape index (κ2) is 12.0. The first kappa shape index (κ1) is 24.2. The van der Waals surface area contributed by atoms with Gasteiger partial charge in [-0.3, -0.25) is 4.79 Å². The molecule has 2 aromatic rings. The highest BCUT2D eigenvalue weighted by Gasteiger charge is 2.28. The van der Waals surface area contributed by atoms with Crippen molar-refractivity contribution >= 4 is 23.2 Å². The lowest BCUT2D eigenvalue weighted by atomic mass is 9.95. The SMILES string of the molecule is C[C@@H](CCCc1ccccc1)[C@H](O)C=C[C@H]1CCC(=O)N1CCCc1ccc(C(=O)O)s1. The average molecular weight is 456 g/mol. The smallest absolute Gasteiger partial charge is 0.345 e. The Morgan fingerprint density at radius 2 is 1.97 bits per heavy atom. The van der Waals surface area contributed by atoms with Crippen molar-refractivity contribution in [3.05, 3.63) is 69.9 Å². The van der Waals surface area contributed by atoms with Crippen molar-refractivity contribution in [3.8, 4) is 0 Å². The van der Waals surface area contributed by atoms with Gasteiger partial charge in [0.1, 0.15) is 4.88 Å². The largest absolute Gasteiger partial charge is 0.477 e. The molecule has 5 nitrogen and oxygen atoms in total. The molecule has 0 aliphatic carbocycles. The van der Waals surface area contributed by atoms with Gasteiger partial charge in [-0.2, -0.15) is 0 Å². The molecule has 3 atom stereocenters. The number of carboxylic acids is 1. The van der Waals surface area contributed by atoms with Crippen LogP contribution in [0.15, 0.2) is 54.6 Å². The molecule has 0 spiro atoms. The third-order valence-corrected chi connectivity index (χ3v) is 7.28. The number of benzene rings is 1. The Labute approximate surface area is 194 Å². The van der Waals surface area contributed by atoms with Crippen molar-refractivity contribution in [1.29, 1.82) is 0 Å². The molecule has 1 saturated heterocycles. The minimum Gasteiger partial charge on any atom is -0.477 e. The molecule has 32 heavy (non-hydrogen) atoms. The third kappa shape index (κ3) is 7.04. The molecule has 6 heteroatoms. The molecule has 1 aliphatic heterocycles. The highest BCUT2D eigenvalue weighted by atomic mass is 32.1. The Kier molecular flexibility index (Phi) is 9.06. The van der Waals surface area contributed by atoms with Gasteiger partial charge in [-0.1, -0.05) is 49.4 Å². The number of likely N-dealkylation sites (tertiary alicyclic amines) is 1. The Bertz CT molecular complexity index is 908. The standard InChI is InChI=1S/C26H33NO4S/c1-19(7-5-10-20-8-3-2-4-9-20)23(28)15-12-21-13-17-25(29)27(21)18-6-11-22-14-16-24(32-22)26(30)31/h2-4,8-9,12,14-16,19,21,23,28H,5-7,10-11,13,17-18H2,1H3,(H,30,31)/t19-,21-,23+/m0/s1. The molecule has 3 rings (SSSR count). The number of hydrogen-bond acceptors (Lipinski definition) is 4. The summed E-state index contributed by atoms with van der Waals surface area (Å²) >= 11 is 1.30. The summed E-state index contributed by atoms with van der Waals surface area (Å²) in [5, 5.41) is 19.6. The maximum Gasteiger partial charge on any atom is 0.345 e. The van der Waals surface area contributed by atoms with Crippen molar-refractivity contribution in [1.82, 2.24) is 4.90 Å². The number of amides is 1. The van der Waals surface area contributed by atoms with Crippen LogP contribution in [0.5, 0.6) is 0 Å². The van der Waals surface area contributed by atoms with E-state index in [2.05, 4.69) is 31.2 Å². The quantitative estimate of drug-likeness (QED) is 0.444. The first-order valence-corrected chi connectivity index (χ1v) is 12.3. The average Bonchev–Trinajstić information content (AvgIpc) is 3.40. The number of hydrogen-bond donors (Lipinski definition) is 2. The van der Waals surface area contributed by atoms with E-state index in [1.807, 2.05) is 29.2 Å². The zero-order valence-electron chi connectivity index (χ0n) is 18.7. The summed E-state index contributed by atoms with van der Waals surface area (Å²) in [6.45, 7) is 2.72. The molecule has 0 radical (unpaired) electrons. The van der Waals surface area contributed by atoms with E-state index in [9.17, 15) is 14.7 Å². The van der Waals surface area contributed by atoms with Crippen LogP contribution >= 0.6 is 11.3 Å². The van der Waals surface area contributed by atoms with Crippen molar-refractivity contribution in [2.24, 2.45) is 5.92 Å². The molecule has 1 aromatic carbocycles. The minimum atomic E-state index is -0.894. The molecule has 0 unspecified atom stereocenters. The van der Waals surface area contributed by atoms with Crippen LogP contribution in [-0.2, 0) is 17.6 Å². The first-order chi connectivity index (χ1) is 15.4. The first-order valence-electron chi connectivity index (χ1n) is 11.5. The van der Waals surface area contributed by atoms with E-state index in [4.69, 9.17) is 5.11 Å². The highest BCUT2D eigenvalue weighted by Crippen LogP contribution is 2.23. The second-order valence-corrected chi connectivity index (χ2v) is 9.77. The van der Waals surface area contributed by atoms with E-state index in [1.165, 1.54) is 16.9 Å². The van der Waals surface area contributed by atoms with Crippen LogP contribution in [-0.4, -0.2) is 45.7 Å². The van der Waals surface area contributed by atoms with Gasteiger partial charge < -0.3 is 15.1 Å². The lowest BCUT2D eigenvalue weighted by Gasteiger charge is -2.23. The van der Waals surface area contributed by atoms with E-state index in [1.54, 1.807) is 6.07 Å². The Hall–Kier alpha value is -2.44. The summed E-state index contributed by atoms with van der Waals surface area (Å²) in [5.74, 6) is -0.570. The lowest BCUT2D eigenvalue weighted by molar-refractivity contribution is -0.128. The molecule has 0 bridgehead atoms. The van der Waals surface area contributed by atoms with Crippen molar-refractivity contribution in [2.75, 3.05) is 6.54 Å². The molecule has 1 amide bonds. The number of carbonyl (C=O) groups excluding carboxylic acids is 1. The van der Waals surface area contributed by atoms with Crippen molar-refractivity contribution < 1.29 is 19.8 Å². The van der Waals surface area contributed by atoms with Gasteiger partial charge in [0, 0.05) is 17.8 Å². The molecule has 1 aromatic heterocycles. The van der Waals surface area contributed by atoms with Crippen LogP contribution in [0.3, 0.4) is 0 Å². The highest BCUT2D eigenvalue weighted by molar-refractivity contribution is 7.13. The number of aliphatic hydroxyl groups excluding tert-OH is 1. The van der Waals surface area contributed by atoms with E-state index in [-0.39, 0.29) is 17.9 Å². The zero-order chi connectivity index (χ0) is 22.9. The number of aromatic carboxylic acids is 1. The summed E-state index contributed by atoms with van der Waals surface area (Å²) in [5.41, 5.74) is 1.33. The van der Waals surface area contributed by atoms with Crippen molar-refractivity contribution in [2.45, 2.75) is 64.0 Å². The minimum absolute atomic E-state index is 0.0339. The van der Waals surface area contributed by atoms with E-state index < -0.39 is 12.1 Å². The molecule has 172 valence electrons. The van der Waals surface area contributed by atoms with Gasteiger partial charge in [-0.25, -0.2) is 4.79 Å². The van der Waals surface area contributed by atoms with Gasteiger partial charge in [-0.05, 0) is 62.1 Å². The van der Waals surface area contributed by atoms with Crippen molar-refractivity contribution in [3.63, 3.8) is 0 Å². The molecular weight excluding hydrogens is 422 g/mol. The number of aliphatic hydroxyl groups is 1. The summed E-state index contributed by atoms with van der Waals surface area (Å²) in [6, 6.07) is 13.9. The van der Waals surface area contributed by atoms with Crippen LogP contribution < -0.4 is 0 Å². The fraction of sp³-hybridized carbons (Fsp3) is 0.462. The van der Waals surface area contributed by atoms with Gasteiger partial charge in [0.15, 0.2) is 0 Å². The van der Waals surface area contributed by atoms with Gasteiger partial charge in [0.05, 0.1) is 12.1 Å². The van der Waals surface area contributed by atoms with Gasteiger partial charge in [0.25, 0.3) is 0 Å². The number of rotatable bonds is 12. The fourth-order valence-electron chi connectivity index (χ4n) is 4.17. The Balaban J connectivity index is 1.43. The van der Waals surface area contributed by atoms with E-state index >= 15 is 0 Å². The monoisotopic (exact) mass is 455 g/mol. The number of aryl methyl sites for hydroxylation is 2. The normalized spacial score (nSPS) is 18.4. The molecule has 2 heterocycles. The molecule has 2 N–H and O–H groups in total. The maximum atomic E-state index is 12.3. The van der Waals surface area contributed by atoms with Crippen LogP contribution in [0.1, 0.15) is 59.1 Å². The molecule has 1 aliphatic rings. The van der Waals surface area contributed by atoms with Gasteiger partial charge in [0.2, 0.25) is 5.91 Å². The summed E-state index contributed by atoms with van der Waals surface area (Å²) in [7, 11) is 0. The van der Waals surface area contributed by atoms with Crippen LogP contribution in [0.25, 0.3) is 0 Å². The van der Waals surface area contributed by atoms with Crippen LogP contribution in [0.4, 0.5) is 0 Å². The predicted molar refractivity (Wildman–Crippen MR) is 128 cm³/mol. The Morgan fingerprint density at radius 1 is 1.19 bits per heavy atom. The predicted octanol–water partition coefficient (Wildman–Crippen LogP) is 4.95. The summed E-state index contributed by atoms with van der Waals surface area (Å²) in [4.78, 5) is 26.6. The van der Waals surface area contributed by atoms with Gasteiger partial charge in [-0.15, -0.1) is 11.3 Å². The van der Waals surface area contributed by atoms with E-state index in [0.717, 1.165) is 43.4 Å². The Morgan fingerprint density at radius 3 is 2.69 bits per heavy atom. The summed E-state index contributed by atoms with van der Waals surface area (Å²) < 4.78 is 0. The van der Waals surface area contributed by atoms with Gasteiger partial charge >= 0.3 is 5.97 Å².